The summed E-state index contributed by atoms with van der Waals surface area (Å²) in [6.45, 7) is 6.18. The molecule has 0 radical (unpaired) electrons. The van der Waals surface area contributed by atoms with Gasteiger partial charge in [0.2, 0.25) is 0 Å². The van der Waals surface area contributed by atoms with Gasteiger partial charge in [0, 0.05) is 12.5 Å². The zero-order valence-electron chi connectivity index (χ0n) is 12.0. The first-order valence-corrected chi connectivity index (χ1v) is 7.59. The van der Waals surface area contributed by atoms with E-state index in [2.05, 4.69) is 25.8 Å². The van der Waals surface area contributed by atoms with Crippen LogP contribution in [0.25, 0.3) is 0 Å². The van der Waals surface area contributed by atoms with Gasteiger partial charge in [0.25, 0.3) is 5.91 Å². The number of thiazole rings is 1. The summed E-state index contributed by atoms with van der Waals surface area (Å²) < 4.78 is 0. The Morgan fingerprint density at radius 1 is 1.47 bits per heavy atom. The van der Waals surface area contributed by atoms with E-state index in [0.717, 1.165) is 25.0 Å². The van der Waals surface area contributed by atoms with Crippen LogP contribution in [0.3, 0.4) is 0 Å². The van der Waals surface area contributed by atoms with Crippen molar-refractivity contribution < 1.29 is 9.90 Å². The molecule has 0 unspecified atom stereocenters. The minimum atomic E-state index is -0.389. The molecule has 0 aliphatic heterocycles. The maximum absolute atomic E-state index is 12.6. The summed E-state index contributed by atoms with van der Waals surface area (Å²) in [7, 11) is 1.79. The van der Waals surface area contributed by atoms with Crippen molar-refractivity contribution in [2.45, 2.75) is 57.6 Å². The molecule has 1 aliphatic rings. The topological polar surface area (TPSA) is 53.4 Å². The Morgan fingerprint density at radius 2 is 2.16 bits per heavy atom. The molecule has 1 aliphatic carbocycles. The van der Waals surface area contributed by atoms with Crippen LogP contribution in [0, 0.1) is 0 Å². The molecule has 1 heterocycles. The van der Waals surface area contributed by atoms with Crippen LogP contribution in [-0.2, 0) is 5.41 Å². The van der Waals surface area contributed by atoms with Gasteiger partial charge in [0.1, 0.15) is 4.88 Å². The van der Waals surface area contributed by atoms with E-state index in [1.807, 2.05) is 0 Å². The van der Waals surface area contributed by atoms with Crippen LogP contribution in [0.15, 0.2) is 5.51 Å². The molecule has 19 heavy (non-hydrogen) atoms. The highest BCUT2D eigenvalue weighted by Gasteiger charge is 2.34. The lowest BCUT2D eigenvalue weighted by atomic mass is 9.91. The molecule has 1 saturated carbocycles. The van der Waals surface area contributed by atoms with Gasteiger partial charge in [-0.05, 0) is 19.3 Å². The molecule has 0 aromatic carbocycles. The quantitative estimate of drug-likeness (QED) is 0.906. The maximum atomic E-state index is 12.6. The number of hydrogen-bond donors (Lipinski definition) is 1. The van der Waals surface area contributed by atoms with E-state index < -0.39 is 0 Å². The Balaban J connectivity index is 2.23. The van der Waals surface area contributed by atoms with E-state index in [-0.39, 0.29) is 23.5 Å². The number of aliphatic hydroxyl groups is 1. The van der Waals surface area contributed by atoms with E-state index >= 15 is 0 Å². The third-order valence-electron chi connectivity index (χ3n) is 3.73. The number of amides is 1. The van der Waals surface area contributed by atoms with Crippen molar-refractivity contribution in [3.63, 3.8) is 0 Å². The van der Waals surface area contributed by atoms with Gasteiger partial charge >= 0.3 is 0 Å². The van der Waals surface area contributed by atoms with Gasteiger partial charge in [-0.15, -0.1) is 11.3 Å². The van der Waals surface area contributed by atoms with Crippen LogP contribution in [-0.4, -0.2) is 40.1 Å². The number of carbonyl (C=O) groups excluding carboxylic acids is 1. The second-order valence-electron chi connectivity index (χ2n) is 6.26. The fourth-order valence-corrected chi connectivity index (χ4v) is 3.59. The molecule has 2 rings (SSSR count). The lowest BCUT2D eigenvalue weighted by molar-refractivity contribution is 0.0540. The number of nitrogens with zero attached hydrogens (tertiary/aromatic N) is 2. The monoisotopic (exact) mass is 282 g/mol. The summed E-state index contributed by atoms with van der Waals surface area (Å²) in [5.74, 6) is -0.0154. The van der Waals surface area contributed by atoms with Crippen molar-refractivity contribution in [3.05, 3.63) is 16.1 Å². The predicted octanol–water partition coefficient (Wildman–Crippen LogP) is 2.43. The smallest absolute Gasteiger partial charge is 0.265 e. The first-order valence-electron chi connectivity index (χ1n) is 6.71. The first kappa shape index (κ1) is 14.5. The van der Waals surface area contributed by atoms with E-state index in [1.165, 1.54) is 11.3 Å². The first-order chi connectivity index (χ1) is 8.82. The third kappa shape index (κ3) is 2.82. The predicted molar refractivity (Wildman–Crippen MR) is 76.6 cm³/mol. The molecule has 0 spiro atoms. The zero-order chi connectivity index (χ0) is 14.2. The molecule has 2 atom stereocenters. The summed E-state index contributed by atoms with van der Waals surface area (Å²) in [5.41, 5.74) is 2.44. The zero-order valence-corrected chi connectivity index (χ0v) is 12.8. The molecule has 106 valence electrons. The number of carbonyl (C=O) groups is 1. The van der Waals surface area contributed by atoms with Gasteiger partial charge < -0.3 is 10.0 Å². The van der Waals surface area contributed by atoms with Gasteiger partial charge in [-0.1, -0.05) is 20.8 Å². The van der Waals surface area contributed by atoms with E-state index in [4.69, 9.17) is 0 Å². The van der Waals surface area contributed by atoms with Gasteiger partial charge in [-0.25, -0.2) is 4.98 Å². The molecule has 5 heteroatoms. The second-order valence-corrected chi connectivity index (χ2v) is 7.12. The van der Waals surface area contributed by atoms with Crippen LogP contribution >= 0.6 is 11.3 Å². The van der Waals surface area contributed by atoms with Crippen molar-refractivity contribution in [2.24, 2.45) is 0 Å². The summed E-state index contributed by atoms with van der Waals surface area (Å²) in [4.78, 5) is 19.3. The highest BCUT2D eigenvalue weighted by Crippen LogP contribution is 2.30. The lowest BCUT2D eigenvalue weighted by Crippen LogP contribution is -2.42. The lowest BCUT2D eigenvalue weighted by Gasteiger charge is -2.28. The molecular formula is C14H22N2O2S. The fraction of sp³-hybridized carbons (Fsp3) is 0.714. The summed E-state index contributed by atoms with van der Waals surface area (Å²) >= 11 is 1.39. The Labute approximate surface area is 118 Å². The normalized spacial score (nSPS) is 23.6. The van der Waals surface area contributed by atoms with Crippen molar-refractivity contribution in [1.82, 2.24) is 9.88 Å². The number of aromatic nitrogens is 1. The molecule has 1 amide bonds. The van der Waals surface area contributed by atoms with Gasteiger partial charge in [-0.2, -0.15) is 0 Å². The van der Waals surface area contributed by atoms with Crippen LogP contribution in [0.5, 0.6) is 0 Å². The molecule has 1 aromatic rings. The SMILES string of the molecule is CN(C(=O)c1scnc1C(C)(C)C)[C@@H]1CCC[C@H]1O. The molecule has 0 bridgehead atoms. The molecule has 1 aromatic heterocycles. The average Bonchev–Trinajstić information content (AvgIpc) is 2.94. The van der Waals surface area contributed by atoms with Gasteiger partial charge in [-0.3, -0.25) is 4.79 Å². The number of hydrogen-bond acceptors (Lipinski definition) is 4. The van der Waals surface area contributed by atoms with Crippen LogP contribution in [0.4, 0.5) is 0 Å². The highest BCUT2D eigenvalue weighted by molar-refractivity contribution is 7.11. The number of rotatable bonds is 2. The van der Waals surface area contributed by atoms with E-state index in [0.29, 0.717) is 4.88 Å². The highest BCUT2D eigenvalue weighted by atomic mass is 32.1. The van der Waals surface area contributed by atoms with Crippen molar-refractivity contribution in [2.75, 3.05) is 7.05 Å². The standard InChI is InChI=1S/C14H22N2O2S/c1-14(2,3)12-11(19-8-15-12)13(18)16(4)9-6-5-7-10(9)17/h8-10,17H,5-7H2,1-4H3/t9-,10-/m1/s1. The molecule has 1 N–H and O–H groups in total. The van der Waals surface area contributed by atoms with Gasteiger partial charge in [0.15, 0.2) is 0 Å². The maximum Gasteiger partial charge on any atom is 0.265 e. The number of aliphatic hydroxyl groups excluding tert-OH is 1. The summed E-state index contributed by atoms with van der Waals surface area (Å²) in [5, 5.41) is 9.93. The minimum Gasteiger partial charge on any atom is -0.391 e. The van der Waals surface area contributed by atoms with Crippen LogP contribution in [0.2, 0.25) is 0 Å². The average molecular weight is 282 g/mol. The Kier molecular flexibility index (Phi) is 3.97. The molecule has 4 nitrogen and oxygen atoms in total. The molecule has 1 fully saturated rings. The van der Waals surface area contributed by atoms with E-state index in [1.54, 1.807) is 17.5 Å². The van der Waals surface area contributed by atoms with Crippen molar-refractivity contribution in [1.29, 1.82) is 0 Å². The molecular weight excluding hydrogens is 260 g/mol. The van der Waals surface area contributed by atoms with Crippen LogP contribution < -0.4 is 0 Å². The van der Waals surface area contributed by atoms with E-state index in [9.17, 15) is 9.90 Å². The van der Waals surface area contributed by atoms with Crippen molar-refractivity contribution >= 4 is 17.2 Å². The fourth-order valence-electron chi connectivity index (χ4n) is 2.62. The Morgan fingerprint density at radius 3 is 2.68 bits per heavy atom. The largest absolute Gasteiger partial charge is 0.391 e. The van der Waals surface area contributed by atoms with Crippen LogP contribution in [0.1, 0.15) is 55.4 Å². The Hall–Kier alpha value is -0.940. The third-order valence-corrected chi connectivity index (χ3v) is 4.55. The van der Waals surface area contributed by atoms with Crippen molar-refractivity contribution in [3.8, 4) is 0 Å². The molecule has 0 saturated heterocycles. The van der Waals surface area contributed by atoms with Gasteiger partial charge in [0.05, 0.1) is 23.4 Å². The number of likely N-dealkylation sites (N-methyl/N-ethyl adjacent to an activating group) is 1. The minimum absolute atomic E-state index is 0.0154. The summed E-state index contributed by atoms with van der Waals surface area (Å²) in [6.07, 6.45) is 2.27. The second kappa shape index (κ2) is 5.21. The Bertz CT molecular complexity index is 464. The summed E-state index contributed by atoms with van der Waals surface area (Å²) in [6, 6.07) is -0.0533.